The van der Waals surface area contributed by atoms with Gasteiger partial charge in [-0.15, -0.1) is 21.5 Å². The number of nitrogen functional groups attached to an aromatic ring is 1. The molecular weight excluding hydrogens is 206 g/mol. The second-order valence-electron chi connectivity index (χ2n) is 2.44. The van der Waals surface area contributed by atoms with Crippen LogP contribution in [0, 0.1) is 0 Å². The van der Waals surface area contributed by atoms with E-state index in [1.165, 1.54) is 11.3 Å². The Kier molecular flexibility index (Phi) is 2.16. The number of thiophene rings is 1. The lowest BCUT2D eigenvalue weighted by Gasteiger charge is -1.96. The fraction of sp³-hybridized carbons (Fsp3) is 0. The highest BCUT2D eigenvalue weighted by atomic mass is 35.5. The van der Waals surface area contributed by atoms with Gasteiger partial charge in [0, 0.05) is 0 Å². The summed E-state index contributed by atoms with van der Waals surface area (Å²) in [5.74, 6) is 0.413. The molecule has 3 nitrogen and oxygen atoms in total. The van der Waals surface area contributed by atoms with E-state index in [-0.39, 0.29) is 0 Å². The van der Waals surface area contributed by atoms with Crippen LogP contribution in [-0.4, -0.2) is 10.2 Å². The fourth-order valence-corrected chi connectivity index (χ4v) is 2.06. The van der Waals surface area contributed by atoms with E-state index < -0.39 is 0 Å². The molecule has 0 saturated carbocycles. The summed E-state index contributed by atoms with van der Waals surface area (Å²) in [5.41, 5.74) is 6.17. The van der Waals surface area contributed by atoms with Crippen LogP contribution in [0.5, 0.6) is 0 Å². The molecule has 0 aliphatic rings. The van der Waals surface area contributed by atoms with Crippen LogP contribution in [0.4, 0.5) is 5.82 Å². The van der Waals surface area contributed by atoms with E-state index in [1.807, 2.05) is 11.4 Å². The topological polar surface area (TPSA) is 51.8 Å². The maximum atomic E-state index is 5.93. The quantitative estimate of drug-likeness (QED) is 0.788. The van der Waals surface area contributed by atoms with Gasteiger partial charge in [0.05, 0.1) is 9.90 Å². The summed E-state index contributed by atoms with van der Waals surface area (Å²) in [5, 5.41) is 10.3. The summed E-state index contributed by atoms with van der Waals surface area (Å²) in [6.45, 7) is 0. The zero-order chi connectivity index (χ0) is 9.26. The molecule has 2 heterocycles. The molecular formula is C8H6ClN3S. The Morgan fingerprint density at radius 1 is 1.23 bits per heavy atom. The molecule has 2 aromatic heterocycles. The van der Waals surface area contributed by atoms with Crippen molar-refractivity contribution in [1.82, 2.24) is 10.2 Å². The molecule has 0 aromatic carbocycles. The summed E-state index contributed by atoms with van der Waals surface area (Å²) in [4.78, 5) is 0.925. The van der Waals surface area contributed by atoms with Crippen molar-refractivity contribution in [3.8, 4) is 10.6 Å². The predicted octanol–water partition coefficient (Wildman–Crippen LogP) is 2.44. The average molecular weight is 212 g/mol. The number of nitrogens with two attached hydrogens (primary N) is 1. The van der Waals surface area contributed by atoms with Gasteiger partial charge in [0.15, 0.2) is 0 Å². The second-order valence-corrected chi connectivity index (χ2v) is 3.76. The lowest BCUT2D eigenvalue weighted by atomic mass is 10.3. The molecule has 0 unspecified atom stereocenters. The van der Waals surface area contributed by atoms with Crippen LogP contribution in [0.3, 0.4) is 0 Å². The molecule has 0 spiro atoms. The monoisotopic (exact) mass is 211 g/mol. The Balaban J connectivity index is 2.47. The first kappa shape index (κ1) is 8.47. The van der Waals surface area contributed by atoms with E-state index in [0.717, 1.165) is 10.6 Å². The standard InChI is InChI=1S/C8H6ClN3S/c9-5-3-4-13-8(5)6-1-2-7(10)12-11-6/h1-4H,(H2,10,12). The van der Waals surface area contributed by atoms with E-state index in [1.54, 1.807) is 12.1 Å². The molecule has 2 rings (SSSR count). The van der Waals surface area contributed by atoms with Crippen molar-refractivity contribution in [2.75, 3.05) is 5.73 Å². The first-order valence-electron chi connectivity index (χ1n) is 3.60. The molecule has 0 aliphatic heterocycles. The van der Waals surface area contributed by atoms with Gasteiger partial charge in [-0.25, -0.2) is 0 Å². The maximum absolute atomic E-state index is 5.93. The molecule has 66 valence electrons. The summed E-state index contributed by atoms with van der Waals surface area (Å²) in [6.07, 6.45) is 0. The van der Waals surface area contributed by atoms with Gasteiger partial charge in [-0.05, 0) is 23.6 Å². The third-order valence-corrected chi connectivity index (χ3v) is 2.90. The van der Waals surface area contributed by atoms with Crippen molar-refractivity contribution in [2.45, 2.75) is 0 Å². The van der Waals surface area contributed by atoms with Gasteiger partial charge in [0.25, 0.3) is 0 Å². The van der Waals surface area contributed by atoms with Gasteiger partial charge in [0.2, 0.25) is 0 Å². The minimum absolute atomic E-state index is 0.413. The summed E-state index contributed by atoms with van der Waals surface area (Å²) in [6, 6.07) is 5.35. The van der Waals surface area contributed by atoms with Crippen molar-refractivity contribution in [3.63, 3.8) is 0 Å². The lowest BCUT2D eigenvalue weighted by Crippen LogP contribution is -1.92. The first-order chi connectivity index (χ1) is 6.27. The molecule has 2 aromatic rings. The summed E-state index contributed by atoms with van der Waals surface area (Å²) >= 11 is 7.46. The molecule has 0 bridgehead atoms. The predicted molar refractivity (Wildman–Crippen MR) is 54.8 cm³/mol. The van der Waals surface area contributed by atoms with Crippen LogP contribution in [0.1, 0.15) is 0 Å². The second kappa shape index (κ2) is 3.32. The number of hydrogen-bond donors (Lipinski definition) is 1. The largest absolute Gasteiger partial charge is 0.382 e. The lowest BCUT2D eigenvalue weighted by molar-refractivity contribution is 1.05. The Morgan fingerprint density at radius 2 is 2.08 bits per heavy atom. The van der Waals surface area contributed by atoms with Crippen LogP contribution in [0.2, 0.25) is 5.02 Å². The van der Waals surface area contributed by atoms with Crippen LogP contribution in [0.25, 0.3) is 10.6 Å². The van der Waals surface area contributed by atoms with Gasteiger partial charge in [0.1, 0.15) is 11.5 Å². The minimum Gasteiger partial charge on any atom is -0.382 e. The third-order valence-electron chi connectivity index (χ3n) is 1.53. The van der Waals surface area contributed by atoms with E-state index in [9.17, 15) is 0 Å². The highest BCUT2D eigenvalue weighted by molar-refractivity contribution is 7.14. The van der Waals surface area contributed by atoms with Crippen LogP contribution in [-0.2, 0) is 0 Å². The Bertz CT molecular complexity index is 410. The van der Waals surface area contributed by atoms with Gasteiger partial charge in [-0.2, -0.15) is 0 Å². The highest BCUT2D eigenvalue weighted by Gasteiger charge is 2.05. The van der Waals surface area contributed by atoms with E-state index in [2.05, 4.69) is 10.2 Å². The van der Waals surface area contributed by atoms with Gasteiger partial charge < -0.3 is 5.73 Å². The van der Waals surface area contributed by atoms with Crippen molar-refractivity contribution >= 4 is 28.8 Å². The van der Waals surface area contributed by atoms with Crippen molar-refractivity contribution < 1.29 is 0 Å². The van der Waals surface area contributed by atoms with E-state index >= 15 is 0 Å². The van der Waals surface area contributed by atoms with Gasteiger partial charge in [-0.3, -0.25) is 0 Å². The molecule has 0 atom stereocenters. The van der Waals surface area contributed by atoms with E-state index in [0.29, 0.717) is 10.8 Å². The fourth-order valence-electron chi connectivity index (χ4n) is 0.940. The van der Waals surface area contributed by atoms with E-state index in [4.69, 9.17) is 17.3 Å². The molecule has 0 fully saturated rings. The molecule has 0 saturated heterocycles. The normalized spacial score (nSPS) is 10.2. The Labute approximate surface area is 84.2 Å². The minimum atomic E-state index is 0.413. The number of halogens is 1. The van der Waals surface area contributed by atoms with Gasteiger partial charge >= 0.3 is 0 Å². The van der Waals surface area contributed by atoms with Crippen LogP contribution < -0.4 is 5.73 Å². The summed E-state index contributed by atoms with van der Waals surface area (Å²) < 4.78 is 0. The van der Waals surface area contributed by atoms with Crippen molar-refractivity contribution in [1.29, 1.82) is 0 Å². The maximum Gasteiger partial charge on any atom is 0.146 e. The molecule has 0 radical (unpaired) electrons. The molecule has 5 heteroatoms. The van der Waals surface area contributed by atoms with Crippen LogP contribution >= 0.6 is 22.9 Å². The third kappa shape index (κ3) is 1.64. The summed E-state index contributed by atoms with van der Waals surface area (Å²) in [7, 11) is 0. The van der Waals surface area contributed by atoms with Crippen molar-refractivity contribution in [3.05, 3.63) is 28.6 Å². The highest BCUT2D eigenvalue weighted by Crippen LogP contribution is 2.31. The number of rotatable bonds is 1. The van der Waals surface area contributed by atoms with Crippen molar-refractivity contribution in [2.24, 2.45) is 0 Å². The zero-order valence-electron chi connectivity index (χ0n) is 6.57. The molecule has 2 N–H and O–H groups in total. The molecule has 13 heavy (non-hydrogen) atoms. The van der Waals surface area contributed by atoms with Crippen LogP contribution in [0.15, 0.2) is 23.6 Å². The zero-order valence-corrected chi connectivity index (χ0v) is 8.14. The number of anilines is 1. The SMILES string of the molecule is Nc1ccc(-c2sccc2Cl)nn1. The smallest absolute Gasteiger partial charge is 0.146 e. The number of aromatic nitrogens is 2. The number of nitrogens with zero attached hydrogens (tertiary/aromatic N) is 2. The molecule has 0 amide bonds. The Hall–Kier alpha value is -1.13. The van der Waals surface area contributed by atoms with Gasteiger partial charge in [-0.1, -0.05) is 11.6 Å². The average Bonchev–Trinajstić information content (AvgIpc) is 2.53. The first-order valence-corrected chi connectivity index (χ1v) is 4.86. The Morgan fingerprint density at radius 3 is 2.62 bits per heavy atom. The number of hydrogen-bond acceptors (Lipinski definition) is 4. The molecule has 0 aliphatic carbocycles.